The van der Waals surface area contributed by atoms with Crippen LogP contribution in [-0.4, -0.2) is 45.4 Å². The highest BCUT2D eigenvalue weighted by molar-refractivity contribution is 5.87. The first-order valence-electron chi connectivity index (χ1n) is 8.95. The molecule has 0 unspecified atom stereocenters. The number of carbonyl (C=O) groups is 2. The van der Waals surface area contributed by atoms with Gasteiger partial charge in [0, 0.05) is 44.5 Å². The molecule has 7 nitrogen and oxygen atoms in total. The molecule has 1 aliphatic carbocycles. The first-order chi connectivity index (χ1) is 12.2. The third kappa shape index (κ3) is 2.75. The van der Waals surface area contributed by atoms with Gasteiger partial charge in [-0.15, -0.1) is 0 Å². The van der Waals surface area contributed by atoms with Gasteiger partial charge >= 0.3 is 0 Å². The van der Waals surface area contributed by atoms with Crippen molar-refractivity contribution in [1.82, 2.24) is 24.8 Å². The van der Waals surface area contributed by atoms with Crippen molar-refractivity contribution >= 4 is 17.5 Å². The molecule has 2 atom stereocenters. The maximum atomic E-state index is 13.1. The van der Waals surface area contributed by atoms with E-state index in [2.05, 4.69) is 15.4 Å². The Hall–Kier alpha value is -2.44. The number of nitrogens with zero attached hydrogens (tertiary/aromatic N) is 4. The van der Waals surface area contributed by atoms with Gasteiger partial charge in [0.25, 0.3) is 0 Å². The average molecular weight is 357 g/mol. The van der Waals surface area contributed by atoms with Crippen LogP contribution in [0.25, 0.3) is 5.65 Å². The van der Waals surface area contributed by atoms with Gasteiger partial charge in [0.15, 0.2) is 5.65 Å². The summed E-state index contributed by atoms with van der Waals surface area (Å²) in [6.45, 7) is 6.40. The molecule has 2 aromatic heterocycles. The number of amides is 2. The summed E-state index contributed by atoms with van der Waals surface area (Å²) in [5.74, 6) is -0.0721. The SMILES string of the molecule is CN(C)C(=O)[C@@H]1CC[C@](C)(C(=O)NCc2cnn3cccnc23)C1(C)C. The molecule has 7 heteroatoms. The lowest BCUT2D eigenvalue weighted by Crippen LogP contribution is -2.49. The van der Waals surface area contributed by atoms with Gasteiger partial charge in [-0.2, -0.15) is 5.10 Å². The molecule has 0 spiro atoms. The lowest BCUT2D eigenvalue weighted by molar-refractivity contribution is -0.142. The van der Waals surface area contributed by atoms with Crippen molar-refractivity contribution in [3.8, 4) is 0 Å². The number of nitrogens with one attached hydrogen (secondary N) is 1. The van der Waals surface area contributed by atoms with Crippen molar-refractivity contribution in [2.45, 2.75) is 40.2 Å². The smallest absolute Gasteiger partial charge is 0.226 e. The summed E-state index contributed by atoms with van der Waals surface area (Å²) in [5.41, 5.74) is 0.598. The molecular formula is C19H27N5O2. The molecule has 1 fully saturated rings. The molecule has 0 radical (unpaired) electrons. The largest absolute Gasteiger partial charge is 0.351 e. The van der Waals surface area contributed by atoms with Crippen molar-refractivity contribution in [3.05, 3.63) is 30.2 Å². The summed E-state index contributed by atoms with van der Waals surface area (Å²) in [6, 6.07) is 1.81. The average Bonchev–Trinajstić information content (AvgIpc) is 3.11. The van der Waals surface area contributed by atoms with Gasteiger partial charge < -0.3 is 10.2 Å². The molecule has 0 aromatic carbocycles. The number of hydrogen-bond donors (Lipinski definition) is 1. The monoisotopic (exact) mass is 357 g/mol. The van der Waals surface area contributed by atoms with E-state index in [0.717, 1.165) is 17.6 Å². The molecule has 1 N–H and O–H groups in total. The zero-order chi connectivity index (χ0) is 19.1. The van der Waals surface area contributed by atoms with Crippen molar-refractivity contribution in [1.29, 1.82) is 0 Å². The van der Waals surface area contributed by atoms with Gasteiger partial charge in [0.2, 0.25) is 11.8 Å². The Morgan fingerprint density at radius 2 is 2.08 bits per heavy atom. The Labute approximate surface area is 153 Å². The highest BCUT2D eigenvalue weighted by Gasteiger charge is 2.58. The first-order valence-corrected chi connectivity index (χ1v) is 8.95. The molecule has 1 saturated carbocycles. The van der Waals surface area contributed by atoms with Gasteiger partial charge in [-0.05, 0) is 24.3 Å². The van der Waals surface area contributed by atoms with Crippen LogP contribution in [0.4, 0.5) is 0 Å². The molecule has 0 bridgehead atoms. The van der Waals surface area contributed by atoms with E-state index in [1.54, 1.807) is 35.9 Å². The highest BCUT2D eigenvalue weighted by Crippen LogP contribution is 2.56. The van der Waals surface area contributed by atoms with E-state index in [1.165, 1.54) is 0 Å². The zero-order valence-corrected chi connectivity index (χ0v) is 16.1. The summed E-state index contributed by atoms with van der Waals surface area (Å²) in [5, 5.41) is 7.29. The van der Waals surface area contributed by atoms with Gasteiger partial charge in [-0.1, -0.05) is 20.8 Å². The summed E-state index contributed by atoms with van der Waals surface area (Å²) in [4.78, 5) is 31.5. The second-order valence-corrected chi connectivity index (χ2v) is 8.12. The van der Waals surface area contributed by atoms with E-state index >= 15 is 0 Å². The van der Waals surface area contributed by atoms with Crippen molar-refractivity contribution in [2.24, 2.45) is 16.7 Å². The summed E-state index contributed by atoms with van der Waals surface area (Å²) >= 11 is 0. The van der Waals surface area contributed by atoms with Crippen LogP contribution in [0, 0.1) is 16.7 Å². The van der Waals surface area contributed by atoms with E-state index in [1.807, 2.05) is 33.0 Å². The standard InChI is InChI=1S/C19H27N5O2/c1-18(2)14(16(25)23(4)5)7-8-19(18,3)17(26)21-11-13-12-22-24-10-6-9-20-15(13)24/h6,9-10,12,14H,7-8,11H2,1-5H3,(H,21,26)/t14-,19+/m0/s1. The molecule has 2 amide bonds. The fraction of sp³-hybridized carbons (Fsp3) is 0.579. The van der Waals surface area contributed by atoms with E-state index in [-0.39, 0.29) is 17.7 Å². The minimum atomic E-state index is -0.597. The van der Waals surface area contributed by atoms with Crippen LogP contribution in [0.1, 0.15) is 39.2 Å². The molecule has 2 aromatic rings. The third-order valence-electron chi connectivity index (χ3n) is 6.26. The molecule has 3 rings (SSSR count). The Morgan fingerprint density at radius 1 is 1.35 bits per heavy atom. The maximum Gasteiger partial charge on any atom is 0.226 e. The second kappa shape index (κ2) is 6.37. The van der Waals surface area contributed by atoms with Crippen molar-refractivity contribution in [3.63, 3.8) is 0 Å². The van der Waals surface area contributed by atoms with E-state index in [4.69, 9.17) is 0 Å². The molecule has 1 aliphatic rings. The minimum Gasteiger partial charge on any atom is -0.351 e. The molecule has 140 valence electrons. The Bertz CT molecular complexity index is 841. The van der Waals surface area contributed by atoms with Crippen LogP contribution in [0.2, 0.25) is 0 Å². The molecule has 0 saturated heterocycles. The third-order valence-corrected chi connectivity index (χ3v) is 6.26. The molecule has 2 heterocycles. The van der Waals surface area contributed by atoms with Crippen LogP contribution in [0.15, 0.2) is 24.7 Å². The predicted molar refractivity (Wildman–Crippen MR) is 98.1 cm³/mol. The number of aromatic nitrogens is 3. The van der Waals surface area contributed by atoms with Crippen LogP contribution < -0.4 is 5.32 Å². The molecule has 0 aliphatic heterocycles. The number of carbonyl (C=O) groups excluding carboxylic acids is 2. The van der Waals surface area contributed by atoms with Gasteiger partial charge in [0.1, 0.15) is 0 Å². The first kappa shape index (κ1) is 18.4. The Morgan fingerprint density at radius 3 is 2.77 bits per heavy atom. The van der Waals surface area contributed by atoms with E-state index in [0.29, 0.717) is 13.0 Å². The van der Waals surface area contributed by atoms with Crippen molar-refractivity contribution < 1.29 is 9.59 Å². The topological polar surface area (TPSA) is 79.6 Å². The van der Waals surface area contributed by atoms with Gasteiger partial charge in [-0.25, -0.2) is 9.50 Å². The van der Waals surface area contributed by atoms with E-state index < -0.39 is 10.8 Å². The summed E-state index contributed by atoms with van der Waals surface area (Å²) in [6.07, 6.45) is 6.69. The van der Waals surface area contributed by atoms with Crippen LogP contribution in [-0.2, 0) is 16.1 Å². The summed E-state index contributed by atoms with van der Waals surface area (Å²) in [7, 11) is 3.54. The van der Waals surface area contributed by atoms with Crippen LogP contribution in [0.3, 0.4) is 0 Å². The van der Waals surface area contributed by atoms with Gasteiger partial charge in [0.05, 0.1) is 11.6 Å². The van der Waals surface area contributed by atoms with Crippen molar-refractivity contribution in [2.75, 3.05) is 14.1 Å². The number of rotatable bonds is 4. The van der Waals surface area contributed by atoms with Gasteiger partial charge in [-0.3, -0.25) is 9.59 Å². The molecule has 26 heavy (non-hydrogen) atoms. The summed E-state index contributed by atoms with van der Waals surface area (Å²) < 4.78 is 1.69. The lowest BCUT2D eigenvalue weighted by Gasteiger charge is -2.40. The quantitative estimate of drug-likeness (QED) is 0.906. The van der Waals surface area contributed by atoms with E-state index in [9.17, 15) is 9.59 Å². The fourth-order valence-corrected chi connectivity index (χ4v) is 4.02. The second-order valence-electron chi connectivity index (χ2n) is 8.12. The Kier molecular flexibility index (Phi) is 4.50. The highest BCUT2D eigenvalue weighted by atomic mass is 16.2. The predicted octanol–water partition coefficient (Wildman–Crippen LogP) is 1.88. The normalized spacial score (nSPS) is 24.6. The maximum absolute atomic E-state index is 13.1. The Balaban J connectivity index is 1.76. The lowest BCUT2D eigenvalue weighted by atomic mass is 9.65. The minimum absolute atomic E-state index is 0.0214. The number of fused-ring (bicyclic) bond motifs is 1. The van der Waals surface area contributed by atoms with Crippen LogP contribution >= 0.6 is 0 Å². The zero-order valence-electron chi connectivity index (χ0n) is 16.1. The van der Waals surface area contributed by atoms with Crippen LogP contribution in [0.5, 0.6) is 0 Å². The fourth-order valence-electron chi connectivity index (χ4n) is 4.02. The molecular weight excluding hydrogens is 330 g/mol. The number of hydrogen-bond acceptors (Lipinski definition) is 4.